The van der Waals surface area contributed by atoms with Crippen LogP contribution < -0.4 is 0 Å². The minimum absolute atomic E-state index is 0.0352. The van der Waals surface area contributed by atoms with Crippen molar-refractivity contribution in [2.45, 2.75) is 13.5 Å². The molecule has 2 nitrogen and oxygen atoms in total. The van der Waals surface area contributed by atoms with Gasteiger partial charge in [0, 0.05) is 6.92 Å². The number of ether oxygens (including phenoxy) is 1. The standard InChI is InChI=1S/C9H8F2O2/c1-6(12)13-5-7-2-3-8(10)9(11)4-7/h2-4H,5H2,1H3. The van der Waals surface area contributed by atoms with Gasteiger partial charge in [-0.05, 0) is 17.7 Å². The molecule has 0 unspecified atom stereocenters. The summed E-state index contributed by atoms with van der Waals surface area (Å²) in [7, 11) is 0. The van der Waals surface area contributed by atoms with Gasteiger partial charge < -0.3 is 4.74 Å². The lowest BCUT2D eigenvalue weighted by Crippen LogP contribution is -1.99. The Kier molecular flexibility index (Phi) is 2.95. The first-order valence-electron chi connectivity index (χ1n) is 3.67. The molecule has 0 aliphatic heterocycles. The van der Waals surface area contributed by atoms with Crippen LogP contribution in [0.1, 0.15) is 12.5 Å². The first-order chi connectivity index (χ1) is 6.09. The fourth-order valence-electron chi connectivity index (χ4n) is 0.814. The molecular formula is C9H8F2O2. The van der Waals surface area contributed by atoms with Crippen molar-refractivity contribution in [1.82, 2.24) is 0 Å². The van der Waals surface area contributed by atoms with Crippen molar-refractivity contribution < 1.29 is 18.3 Å². The number of hydrogen-bond acceptors (Lipinski definition) is 2. The summed E-state index contributed by atoms with van der Waals surface area (Å²) in [4.78, 5) is 10.4. The Balaban J connectivity index is 2.68. The van der Waals surface area contributed by atoms with E-state index < -0.39 is 17.6 Å². The molecule has 0 aliphatic carbocycles. The van der Waals surface area contributed by atoms with Crippen LogP contribution in [0.3, 0.4) is 0 Å². The Labute approximate surface area is 74.1 Å². The van der Waals surface area contributed by atoms with Crippen LogP contribution >= 0.6 is 0 Å². The Morgan fingerprint density at radius 1 is 1.38 bits per heavy atom. The second kappa shape index (κ2) is 3.98. The number of halogens is 2. The maximum absolute atomic E-state index is 12.6. The summed E-state index contributed by atoms with van der Waals surface area (Å²) in [6.07, 6.45) is 0. The van der Waals surface area contributed by atoms with Crippen molar-refractivity contribution >= 4 is 5.97 Å². The lowest BCUT2D eigenvalue weighted by atomic mass is 10.2. The van der Waals surface area contributed by atoms with Gasteiger partial charge in [0.05, 0.1) is 0 Å². The first kappa shape index (κ1) is 9.64. The summed E-state index contributed by atoms with van der Waals surface area (Å²) < 4.78 is 29.6. The molecule has 0 saturated heterocycles. The van der Waals surface area contributed by atoms with Gasteiger partial charge in [-0.25, -0.2) is 8.78 Å². The minimum atomic E-state index is -0.940. The predicted octanol–water partition coefficient (Wildman–Crippen LogP) is 2.03. The summed E-state index contributed by atoms with van der Waals surface area (Å²) in [5, 5.41) is 0. The van der Waals surface area contributed by atoms with Crippen LogP contribution in [0.15, 0.2) is 18.2 Å². The zero-order chi connectivity index (χ0) is 9.84. The van der Waals surface area contributed by atoms with Crippen molar-refractivity contribution in [1.29, 1.82) is 0 Å². The molecule has 0 aromatic heterocycles. The van der Waals surface area contributed by atoms with Gasteiger partial charge in [-0.15, -0.1) is 0 Å². The van der Waals surface area contributed by atoms with Crippen LogP contribution in [0.25, 0.3) is 0 Å². The molecule has 0 radical (unpaired) electrons. The summed E-state index contributed by atoms with van der Waals surface area (Å²) in [5.74, 6) is -2.30. The van der Waals surface area contributed by atoms with Crippen LogP contribution in [0, 0.1) is 11.6 Å². The van der Waals surface area contributed by atoms with E-state index in [0.29, 0.717) is 5.56 Å². The number of carbonyl (C=O) groups excluding carboxylic acids is 1. The summed E-state index contributed by atoms with van der Waals surface area (Å²) in [5.41, 5.74) is 0.425. The Morgan fingerprint density at radius 2 is 2.08 bits per heavy atom. The molecular weight excluding hydrogens is 178 g/mol. The molecule has 1 aromatic rings. The molecule has 70 valence electrons. The maximum Gasteiger partial charge on any atom is 0.302 e. The van der Waals surface area contributed by atoms with Gasteiger partial charge in [-0.2, -0.15) is 0 Å². The number of carbonyl (C=O) groups is 1. The van der Waals surface area contributed by atoms with Gasteiger partial charge in [0.1, 0.15) is 6.61 Å². The third-order valence-corrected chi connectivity index (χ3v) is 1.43. The third kappa shape index (κ3) is 2.82. The fourth-order valence-corrected chi connectivity index (χ4v) is 0.814. The topological polar surface area (TPSA) is 26.3 Å². The predicted molar refractivity (Wildman–Crippen MR) is 41.8 cm³/mol. The van der Waals surface area contributed by atoms with E-state index in [2.05, 4.69) is 4.74 Å². The van der Waals surface area contributed by atoms with Crippen LogP contribution in [0.5, 0.6) is 0 Å². The Bertz CT molecular complexity index is 323. The molecule has 0 fully saturated rings. The lowest BCUT2D eigenvalue weighted by Gasteiger charge is -2.01. The molecule has 1 rings (SSSR count). The molecule has 0 bridgehead atoms. The number of hydrogen-bond donors (Lipinski definition) is 0. The molecule has 0 aliphatic rings. The van der Waals surface area contributed by atoms with Crippen LogP contribution in [0.2, 0.25) is 0 Å². The number of esters is 1. The normalized spacial score (nSPS) is 9.77. The molecule has 1 aromatic carbocycles. The second-order valence-electron chi connectivity index (χ2n) is 2.53. The zero-order valence-electron chi connectivity index (χ0n) is 7.01. The van der Waals surface area contributed by atoms with Crippen molar-refractivity contribution in [2.75, 3.05) is 0 Å². The van der Waals surface area contributed by atoms with Gasteiger partial charge in [-0.1, -0.05) is 6.07 Å². The highest BCUT2D eigenvalue weighted by molar-refractivity contribution is 5.65. The largest absolute Gasteiger partial charge is 0.461 e. The Morgan fingerprint density at radius 3 is 2.62 bits per heavy atom. The second-order valence-corrected chi connectivity index (χ2v) is 2.53. The van der Waals surface area contributed by atoms with Crippen LogP contribution in [-0.4, -0.2) is 5.97 Å². The number of rotatable bonds is 2. The zero-order valence-corrected chi connectivity index (χ0v) is 7.01. The molecule has 4 heteroatoms. The average molecular weight is 186 g/mol. The maximum atomic E-state index is 12.6. The molecule has 0 saturated carbocycles. The molecule has 0 spiro atoms. The van der Waals surface area contributed by atoms with Crippen molar-refractivity contribution in [2.24, 2.45) is 0 Å². The smallest absolute Gasteiger partial charge is 0.302 e. The van der Waals surface area contributed by atoms with Gasteiger partial charge in [-0.3, -0.25) is 4.79 Å². The van der Waals surface area contributed by atoms with Gasteiger partial charge in [0.25, 0.3) is 0 Å². The third-order valence-electron chi connectivity index (χ3n) is 1.43. The van der Waals surface area contributed by atoms with E-state index in [1.54, 1.807) is 0 Å². The van der Waals surface area contributed by atoms with Crippen molar-refractivity contribution in [3.63, 3.8) is 0 Å². The van der Waals surface area contributed by atoms with Gasteiger partial charge >= 0.3 is 5.97 Å². The Hall–Kier alpha value is -1.45. The highest BCUT2D eigenvalue weighted by atomic mass is 19.2. The quantitative estimate of drug-likeness (QED) is 0.660. The number of benzene rings is 1. The average Bonchev–Trinajstić information content (AvgIpc) is 2.07. The lowest BCUT2D eigenvalue weighted by molar-refractivity contribution is -0.142. The SMILES string of the molecule is CC(=O)OCc1ccc(F)c(F)c1. The van der Waals surface area contributed by atoms with E-state index >= 15 is 0 Å². The van der Waals surface area contributed by atoms with Crippen molar-refractivity contribution in [3.8, 4) is 0 Å². The molecule has 13 heavy (non-hydrogen) atoms. The van der Waals surface area contributed by atoms with Crippen LogP contribution in [0.4, 0.5) is 8.78 Å². The van der Waals surface area contributed by atoms with Gasteiger partial charge in [0.15, 0.2) is 11.6 Å². The molecule has 0 amide bonds. The fraction of sp³-hybridized carbons (Fsp3) is 0.222. The monoisotopic (exact) mass is 186 g/mol. The summed E-state index contributed by atoms with van der Waals surface area (Å²) >= 11 is 0. The molecule has 0 N–H and O–H groups in total. The van der Waals surface area contributed by atoms with E-state index in [4.69, 9.17) is 0 Å². The molecule has 0 heterocycles. The van der Waals surface area contributed by atoms with E-state index in [0.717, 1.165) is 12.1 Å². The summed E-state index contributed by atoms with van der Waals surface area (Å²) in [6, 6.07) is 3.35. The van der Waals surface area contributed by atoms with E-state index in [9.17, 15) is 13.6 Å². The summed E-state index contributed by atoms with van der Waals surface area (Å²) in [6.45, 7) is 1.21. The van der Waals surface area contributed by atoms with E-state index in [1.807, 2.05) is 0 Å². The van der Waals surface area contributed by atoms with E-state index in [-0.39, 0.29) is 6.61 Å². The van der Waals surface area contributed by atoms with Crippen molar-refractivity contribution in [3.05, 3.63) is 35.4 Å². The van der Waals surface area contributed by atoms with Crippen LogP contribution in [-0.2, 0) is 16.1 Å². The highest BCUT2D eigenvalue weighted by Crippen LogP contribution is 2.09. The molecule has 0 atom stereocenters. The van der Waals surface area contributed by atoms with E-state index in [1.165, 1.54) is 13.0 Å². The highest BCUT2D eigenvalue weighted by Gasteiger charge is 2.03. The minimum Gasteiger partial charge on any atom is -0.461 e. The van der Waals surface area contributed by atoms with Gasteiger partial charge in [0.2, 0.25) is 0 Å². The first-order valence-corrected chi connectivity index (χ1v) is 3.67.